The smallest absolute Gasteiger partial charge is 0.327 e. The second-order valence-corrected chi connectivity index (χ2v) is 6.11. The molecule has 0 aromatic heterocycles. The Kier molecular flexibility index (Phi) is 5.83. The minimum absolute atomic E-state index is 0.118. The second kappa shape index (κ2) is 6.85. The lowest BCUT2D eigenvalue weighted by Gasteiger charge is -2.48. The van der Waals surface area contributed by atoms with Crippen molar-refractivity contribution < 1.29 is 19.1 Å². The first kappa shape index (κ1) is 18.7. The molecule has 0 bridgehead atoms. The molecule has 0 radical (unpaired) electrons. The highest BCUT2D eigenvalue weighted by Crippen LogP contribution is 2.46. The van der Waals surface area contributed by atoms with Crippen LogP contribution in [0.25, 0.3) is 0 Å². The van der Waals surface area contributed by atoms with Gasteiger partial charge in [0.25, 0.3) is 0 Å². The Morgan fingerprint density at radius 3 is 1.91 bits per heavy atom. The maximum Gasteiger partial charge on any atom is 0.327 e. The summed E-state index contributed by atoms with van der Waals surface area (Å²) in [5, 5.41) is 0. The molecule has 3 atom stereocenters. The molecule has 0 aromatic rings. The summed E-state index contributed by atoms with van der Waals surface area (Å²) in [4.78, 5) is 38.1. The van der Waals surface area contributed by atoms with Gasteiger partial charge in [-0.2, -0.15) is 0 Å². The van der Waals surface area contributed by atoms with Gasteiger partial charge in [-0.25, -0.2) is 0 Å². The van der Waals surface area contributed by atoms with Gasteiger partial charge in [-0.3, -0.25) is 14.4 Å². The standard InChI is InChI=1S/C15H27N3O4/c1-4-22-13(21)15(18)8-6-5-7-14(15,11(19)9(2)16)12(20)10(3)17/h9-10H,4-8,16-18H2,1-3H3. The zero-order valence-corrected chi connectivity index (χ0v) is 13.6. The topological polar surface area (TPSA) is 138 Å². The van der Waals surface area contributed by atoms with E-state index in [0.717, 1.165) is 0 Å². The van der Waals surface area contributed by atoms with Crippen molar-refractivity contribution in [3.05, 3.63) is 0 Å². The number of nitrogens with two attached hydrogens (primary N) is 3. The lowest BCUT2D eigenvalue weighted by atomic mass is 9.55. The average Bonchev–Trinajstić information content (AvgIpc) is 2.46. The summed E-state index contributed by atoms with van der Waals surface area (Å²) in [6, 6.07) is -1.84. The summed E-state index contributed by atoms with van der Waals surface area (Å²) < 4.78 is 5.05. The molecule has 1 aliphatic carbocycles. The maximum absolute atomic E-state index is 12.8. The first-order valence-electron chi connectivity index (χ1n) is 7.71. The van der Waals surface area contributed by atoms with E-state index in [1.807, 2.05) is 0 Å². The molecule has 126 valence electrons. The number of rotatable bonds is 6. The summed E-state index contributed by atoms with van der Waals surface area (Å²) in [5.41, 5.74) is 14.4. The third-order valence-electron chi connectivity index (χ3n) is 4.44. The molecule has 0 aliphatic heterocycles. The molecule has 7 nitrogen and oxygen atoms in total. The summed E-state index contributed by atoms with van der Waals surface area (Å²) in [7, 11) is 0. The zero-order valence-electron chi connectivity index (χ0n) is 13.6. The first-order chi connectivity index (χ1) is 10.1. The number of ketones is 2. The molecule has 1 rings (SSSR count). The monoisotopic (exact) mass is 313 g/mol. The SMILES string of the molecule is CCOC(=O)C1(N)CCCCC1(C(=O)C(C)N)C(=O)C(C)N. The van der Waals surface area contributed by atoms with Gasteiger partial charge in [-0.05, 0) is 33.6 Å². The fourth-order valence-corrected chi connectivity index (χ4v) is 3.35. The van der Waals surface area contributed by atoms with E-state index in [4.69, 9.17) is 21.9 Å². The molecule has 3 unspecified atom stereocenters. The molecule has 0 aromatic carbocycles. The Balaban J connectivity index is 3.51. The van der Waals surface area contributed by atoms with Crippen LogP contribution in [0.2, 0.25) is 0 Å². The lowest BCUT2D eigenvalue weighted by molar-refractivity contribution is -0.168. The number of ether oxygens (including phenoxy) is 1. The fraction of sp³-hybridized carbons (Fsp3) is 0.800. The Hall–Kier alpha value is -1.31. The number of carbonyl (C=O) groups is 3. The first-order valence-corrected chi connectivity index (χ1v) is 7.71. The predicted molar refractivity (Wildman–Crippen MR) is 81.8 cm³/mol. The highest BCUT2D eigenvalue weighted by molar-refractivity contribution is 6.15. The second-order valence-electron chi connectivity index (χ2n) is 6.11. The van der Waals surface area contributed by atoms with Crippen LogP contribution in [0.1, 0.15) is 46.5 Å². The van der Waals surface area contributed by atoms with Crippen LogP contribution in [-0.2, 0) is 19.1 Å². The minimum Gasteiger partial charge on any atom is -0.465 e. The third kappa shape index (κ3) is 2.80. The van der Waals surface area contributed by atoms with E-state index in [-0.39, 0.29) is 19.4 Å². The normalized spacial score (nSPS) is 31.2. The van der Waals surface area contributed by atoms with Crippen molar-refractivity contribution in [1.29, 1.82) is 0 Å². The van der Waals surface area contributed by atoms with Gasteiger partial charge in [0.05, 0.1) is 18.7 Å². The minimum atomic E-state index is -1.71. The van der Waals surface area contributed by atoms with Crippen LogP contribution in [0, 0.1) is 5.41 Å². The van der Waals surface area contributed by atoms with E-state index in [1.165, 1.54) is 13.8 Å². The van der Waals surface area contributed by atoms with Crippen molar-refractivity contribution in [3.63, 3.8) is 0 Å². The van der Waals surface area contributed by atoms with Crippen LogP contribution in [-0.4, -0.2) is 41.8 Å². The molecular weight excluding hydrogens is 286 g/mol. The largest absolute Gasteiger partial charge is 0.465 e. The Bertz CT molecular complexity index is 442. The van der Waals surface area contributed by atoms with E-state index < -0.39 is 40.6 Å². The Morgan fingerprint density at radius 2 is 1.50 bits per heavy atom. The average molecular weight is 313 g/mol. The Labute approximate surface area is 130 Å². The van der Waals surface area contributed by atoms with Crippen molar-refractivity contribution in [3.8, 4) is 0 Å². The van der Waals surface area contributed by atoms with Crippen LogP contribution in [0.5, 0.6) is 0 Å². The summed E-state index contributed by atoms with van der Waals surface area (Å²) in [6.07, 6.45) is 1.61. The van der Waals surface area contributed by atoms with Crippen LogP contribution < -0.4 is 17.2 Å². The maximum atomic E-state index is 12.8. The van der Waals surface area contributed by atoms with Gasteiger partial charge >= 0.3 is 5.97 Å². The number of hydrogen-bond acceptors (Lipinski definition) is 7. The Morgan fingerprint density at radius 1 is 1.05 bits per heavy atom. The van der Waals surface area contributed by atoms with Crippen molar-refractivity contribution in [2.75, 3.05) is 6.61 Å². The van der Waals surface area contributed by atoms with Crippen molar-refractivity contribution >= 4 is 17.5 Å². The van der Waals surface area contributed by atoms with Gasteiger partial charge in [0, 0.05) is 0 Å². The van der Waals surface area contributed by atoms with Gasteiger partial charge in [-0.1, -0.05) is 12.8 Å². The predicted octanol–water partition coefficient (Wildman–Crippen LogP) is -0.360. The third-order valence-corrected chi connectivity index (χ3v) is 4.44. The van der Waals surface area contributed by atoms with Crippen molar-refractivity contribution in [2.45, 2.75) is 64.1 Å². The van der Waals surface area contributed by atoms with Crippen molar-refractivity contribution in [2.24, 2.45) is 22.6 Å². The molecule has 6 N–H and O–H groups in total. The molecule has 0 saturated heterocycles. The van der Waals surface area contributed by atoms with Crippen LogP contribution in [0.3, 0.4) is 0 Å². The molecule has 0 amide bonds. The van der Waals surface area contributed by atoms with Gasteiger partial charge in [0.2, 0.25) is 0 Å². The van der Waals surface area contributed by atoms with E-state index in [0.29, 0.717) is 12.8 Å². The van der Waals surface area contributed by atoms with Crippen LogP contribution >= 0.6 is 0 Å². The summed E-state index contributed by atoms with van der Waals surface area (Å²) in [5.74, 6) is -1.81. The summed E-state index contributed by atoms with van der Waals surface area (Å²) in [6.45, 7) is 4.73. The fourth-order valence-electron chi connectivity index (χ4n) is 3.35. The number of carbonyl (C=O) groups excluding carboxylic acids is 3. The molecule has 1 aliphatic rings. The molecule has 22 heavy (non-hydrogen) atoms. The van der Waals surface area contributed by atoms with Crippen LogP contribution in [0.15, 0.2) is 0 Å². The van der Waals surface area contributed by atoms with E-state index in [2.05, 4.69) is 0 Å². The molecule has 1 fully saturated rings. The van der Waals surface area contributed by atoms with Crippen LogP contribution in [0.4, 0.5) is 0 Å². The number of Topliss-reactive ketones (excluding diaryl/α,β-unsaturated/α-hetero) is 2. The number of esters is 1. The molecular formula is C15H27N3O4. The highest BCUT2D eigenvalue weighted by atomic mass is 16.5. The van der Waals surface area contributed by atoms with Gasteiger partial charge < -0.3 is 21.9 Å². The van der Waals surface area contributed by atoms with E-state index in [9.17, 15) is 14.4 Å². The molecule has 0 heterocycles. The zero-order chi connectivity index (χ0) is 17.1. The number of hydrogen-bond donors (Lipinski definition) is 3. The van der Waals surface area contributed by atoms with Gasteiger partial charge in [0.15, 0.2) is 11.6 Å². The van der Waals surface area contributed by atoms with Crippen molar-refractivity contribution in [1.82, 2.24) is 0 Å². The van der Waals surface area contributed by atoms with E-state index in [1.54, 1.807) is 6.92 Å². The van der Waals surface area contributed by atoms with Gasteiger partial charge in [0.1, 0.15) is 11.0 Å². The highest BCUT2D eigenvalue weighted by Gasteiger charge is 2.65. The molecule has 0 spiro atoms. The molecule has 1 saturated carbocycles. The lowest BCUT2D eigenvalue weighted by Crippen LogP contribution is -2.72. The summed E-state index contributed by atoms with van der Waals surface area (Å²) >= 11 is 0. The van der Waals surface area contributed by atoms with Gasteiger partial charge in [-0.15, -0.1) is 0 Å². The van der Waals surface area contributed by atoms with E-state index >= 15 is 0 Å². The molecule has 7 heteroatoms. The quantitative estimate of drug-likeness (QED) is 0.449.